The van der Waals surface area contributed by atoms with Crippen molar-refractivity contribution in [3.8, 4) is 11.5 Å². The van der Waals surface area contributed by atoms with Crippen molar-refractivity contribution in [1.29, 1.82) is 0 Å². The van der Waals surface area contributed by atoms with Crippen LogP contribution in [0.2, 0.25) is 0 Å². The lowest BCUT2D eigenvalue weighted by atomic mass is 10.1. The molecular formula is C21H26N2O4. The van der Waals surface area contributed by atoms with Gasteiger partial charge < -0.3 is 19.7 Å². The molecule has 0 aliphatic rings. The number of amides is 2. The van der Waals surface area contributed by atoms with Gasteiger partial charge in [0.1, 0.15) is 11.5 Å². The van der Waals surface area contributed by atoms with Gasteiger partial charge in [-0.15, -0.1) is 0 Å². The van der Waals surface area contributed by atoms with E-state index in [-0.39, 0.29) is 24.8 Å². The highest BCUT2D eigenvalue weighted by Crippen LogP contribution is 2.32. The van der Waals surface area contributed by atoms with Gasteiger partial charge in [0.15, 0.2) is 0 Å². The molecule has 0 bridgehead atoms. The SMILES string of the molecule is COc1ccc(OC)c(N(CCC(=O)NCc2cccc(C)c2)C(C)=O)c1. The Bertz CT molecular complexity index is 805. The van der Waals surface area contributed by atoms with Crippen LogP contribution in [-0.4, -0.2) is 32.6 Å². The number of carbonyl (C=O) groups excluding carboxylic acids is 2. The Labute approximate surface area is 160 Å². The summed E-state index contributed by atoms with van der Waals surface area (Å²) in [6.07, 6.45) is 0.186. The summed E-state index contributed by atoms with van der Waals surface area (Å²) >= 11 is 0. The second kappa shape index (κ2) is 9.62. The lowest BCUT2D eigenvalue weighted by Crippen LogP contribution is -2.34. The number of nitrogens with zero attached hydrogens (tertiary/aromatic N) is 1. The molecule has 0 radical (unpaired) electrons. The van der Waals surface area contributed by atoms with Crippen LogP contribution < -0.4 is 19.7 Å². The van der Waals surface area contributed by atoms with Crippen LogP contribution in [0.1, 0.15) is 24.5 Å². The minimum atomic E-state index is -0.173. The molecule has 1 N–H and O–H groups in total. The largest absolute Gasteiger partial charge is 0.497 e. The van der Waals surface area contributed by atoms with Gasteiger partial charge in [-0.1, -0.05) is 29.8 Å². The number of anilines is 1. The summed E-state index contributed by atoms with van der Waals surface area (Å²) in [5.41, 5.74) is 2.77. The molecule has 2 rings (SSSR count). The summed E-state index contributed by atoms with van der Waals surface area (Å²) in [6.45, 7) is 4.18. The molecule has 0 unspecified atom stereocenters. The van der Waals surface area contributed by atoms with E-state index < -0.39 is 0 Å². The summed E-state index contributed by atoms with van der Waals surface area (Å²) in [5.74, 6) is 0.866. The van der Waals surface area contributed by atoms with Crippen LogP contribution in [0.3, 0.4) is 0 Å². The first-order valence-corrected chi connectivity index (χ1v) is 8.77. The molecule has 0 heterocycles. The maximum Gasteiger partial charge on any atom is 0.223 e. The molecule has 27 heavy (non-hydrogen) atoms. The van der Waals surface area contributed by atoms with Crippen LogP contribution in [-0.2, 0) is 16.1 Å². The summed E-state index contributed by atoms with van der Waals surface area (Å²) in [6, 6.07) is 13.2. The number of nitrogens with one attached hydrogen (secondary N) is 1. The van der Waals surface area contributed by atoms with E-state index in [0.717, 1.165) is 11.1 Å². The predicted molar refractivity (Wildman–Crippen MR) is 105 cm³/mol. The molecule has 0 aliphatic heterocycles. The van der Waals surface area contributed by atoms with E-state index in [0.29, 0.717) is 23.7 Å². The highest BCUT2D eigenvalue weighted by atomic mass is 16.5. The molecule has 0 atom stereocenters. The third-order valence-electron chi connectivity index (χ3n) is 4.19. The van der Waals surface area contributed by atoms with Gasteiger partial charge >= 0.3 is 0 Å². The Morgan fingerprint density at radius 1 is 1.07 bits per heavy atom. The van der Waals surface area contributed by atoms with Crippen LogP contribution in [0.5, 0.6) is 11.5 Å². The summed E-state index contributed by atoms with van der Waals surface area (Å²) in [7, 11) is 3.10. The highest BCUT2D eigenvalue weighted by molar-refractivity contribution is 5.94. The van der Waals surface area contributed by atoms with Gasteiger partial charge in [0, 0.05) is 32.5 Å². The average Bonchev–Trinajstić information content (AvgIpc) is 2.66. The molecule has 2 aromatic carbocycles. The maximum absolute atomic E-state index is 12.2. The minimum Gasteiger partial charge on any atom is -0.497 e. The molecule has 6 nitrogen and oxygen atoms in total. The molecule has 0 aliphatic carbocycles. The zero-order chi connectivity index (χ0) is 19.8. The third kappa shape index (κ3) is 5.74. The van der Waals surface area contributed by atoms with Crippen molar-refractivity contribution in [2.24, 2.45) is 0 Å². The zero-order valence-corrected chi connectivity index (χ0v) is 16.2. The summed E-state index contributed by atoms with van der Waals surface area (Å²) < 4.78 is 10.6. The molecule has 0 fully saturated rings. The topological polar surface area (TPSA) is 67.9 Å². The maximum atomic E-state index is 12.2. The molecule has 144 valence electrons. The number of benzene rings is 2. The normalized spacial score (nSPS) is 10.2. The molecular weight excluding hydrogens is 344 g/mol. The van der Waals surface area contributed by atoms with E-state index in [1.165, 1.54) is 18.9 Å². The Kier molecular flexibility index (Phi) is 7.23. The highest BCUT2D eigenvalue weighted by Gasteiger charge is 2.18. The zero-order valence-electron chi connectivity index (χ0n) is 16.2. The average molecular weight is 370 g/mol. The van der Waals surface area contributed by atoms with E-state index >= 15 is 0 Å². The molecule has 6 heteroatoms. The van der Waals surface area contributed by atoms with Gasteiger partial charge in [0.25, 0.3) is 0 Å². The van der Waals surface area contributed by atoms with E-state index in [9.17, 15) is 9.59 Å². The smallest absolute Gasteiger partial charge is 0.223 e. The van der Waals surface area contributed by atoms with Gasteiger partial charge in [-0.2, -0.15) is 0 Å². The Morgan fingerprint density at radius 2 is 1.85 bits per heavy atom. The van der Waals surface area contributed by atoms with E-state index in [1.54, 1.807) is 25.3 Å². The van der Waals surface area contributed by atoms with Crippen molar-refractivity contribution in [3.63, 3.8) is 0 Å². The van der Waals surface area contributed by atoms with Gasteiger partial charge in [0.2, 0.25) is 11.8 Å². The van der Waals surface area contributed by atoms with E-state index in [1.807, 2.05) is 31.2 Å². The van der Waals surface area contributed by atoms with Crippen molar-refractivity contribution < 1.29 is 19.1 Å². The number of carbonyl (C=O) groups is 2. The van der Waals surface area contributed by atoms with Crippen molar-refractivity contribution in [2.75, 3.05) is 25.7 Å². The first kappa shape index (κ1) is 20.3. The number of aryl methyl sites for hydroxylation is 1. The molecule has 0 aromatic heterocycles. The quantitative estimate of drug-likeness (QED) is 0.775. The van der Waals surface area contributed by atoms with E-state index in [2.05, 4.69) is 5.32 Å². The molecule has 2 aromatic rings. The molecule has 0 spiro atoms. The molecule has 0 saturated carbocycles. The Balaban J connectivity index is 2.02. The number of methoxy groups -OCH3 is 2. The first-order chi connectivity index (χ1) is 12.9. The van der Waals surface area contributed by atoms with Gasteiger partial charge in [0.05, 0.1) is 19.9 Å². The number of rotatable bonds is 8. The first-order valence-electron chi connectivity index (χ1n) is 8.77. The van der Waals surface area contributed by atoms with Crippen LogP contribution >= 0.6 is 0 Å². The fraction of sp³-hybridized carbons (Fsp3) is 0.333. The summed E-state index contributed by atoms with van der Waals surface area (Å²) in [4.78, 5) is 25.9. The lowest BCUT2D eigenvalue weighted by Gasteiger charge is -2.23. The third-order valence-corrected chi connectivity index (χ3v) is 4.19. The number of hydrogen-bond donors (Lipinski definition) is 1. The fourth-order valence-electron chi connectivity index (χ4n) is 2.78. The second-order valence-electron chi connectivity index (χ2n) is 6.22. The predicted octanol–water partition coefficient (Wildman–Crippen LogP) is 3.07. The fourth-order valence-corrected chi connectivity index (χ4v) is 2.78. The number of ether oxygens (including phenoxy) is 2. The Morgan fingerprint density at radius 3 is 2.48 bits per heavy atom. The van der Waals surface area contributed by atoms with Crippen LogP contribution in [0, 0.1) is 6.92 Å². The monoisotopic (exact) mass is 370 g/mol. The summed E-state index contributed by atoms with van der Waals surface area (Å²) in [5, 5.41) is 2.89. The van der Waals surface area contributed by atoms with Gasteiger partial charge in [-0.3, -0.25) is 9.59 Å². The standard InChI is InChI=1S/C21H26N2O4/c1-15-6-5-7-17(12-15)14-22-21(25)10-11-23(16(2)24)19-13-18(26-3)8-9-20(19)27-4/h5-9,12-13H,10-11,14H2,1-4H3,(H,22,25). The molecule has 2 amide bonds. The molecule has 0 saturated heterocycles. The van der Waals surface area contributed by atoms with Crippen molar-refractivity contribution in [2.45, 2.75) is 26.8 Å². The van der Waals surface area contributed by atoms with Crippen LogP contribution in [0.25, 0.3) is 0 Å². The second-order valence-corrected chi connectivity index (χ2v) is 6.22. The van der Waals surface area contributed by atoms with Gasteiger partial charge in [-0.25, -0.2) is 0 Å². The van der Waals surface area contributed by atoms with Crippen LogP contribution in [0.15, 0.2) is 42.5 Å². The van der Waals surface area contributed by atoms with Gasteiger partial charge in [-0.05, 0) is 24.6 Å². The minimum absolute atomic E-state index is 0.121. The lowest BCUT2D eigenvalue weighted by molar-refractivity contribution is -0.121. The number of hydrogen-bond acceptors (Lipinski definition) is 4. The van der Waals surface area contributed by atoms with Crippen molar-refractivity contribution in [1.82, 2.24) is 5.32 Å². The van der Waals surface area contributed by atoms with Crippen LogP contribution in [0.4, 0.5) is 5.69 Å². The van der Waals surface area contributed by atoms with Crippen molar-refractivity contribution in [3.05, 3.63) is 53.6 Å². The Hall–Kier alpha value is -3.02. The van der Waals surface area contributed by atoms with Crippen molar-refractivity contribution >= 4 is 17.5 Å². The van der Waals surface area contributed by atoms with E-state index in [4.69, 9.17) is 9.47 Å².